The molecule has 3 heteroatoms. The van der Waals surface area contributed by atoms with Crippen LogP contribution in [0.25, 0.3) is 0 Å². The molecule has 0 radical (unpaired) electrons. The fraction of sp³-hybridized carbons (Fsp3) is 0.938. The molecule has 0 spiro atoms. The van der Waals surface area contributed by atoms with Gasteiger partial charge >= 0.3 is 5.97 Å². The third-order valence-electron chi connectivity index (χ3n) is 4.20. The second kappa shape index (κ2) is 10.2. The molecule has 0 saturated carbocycles. The minimum Gasteiger partial charge on any atom is -0.480 e. The minimum absolute atomic E-state index is 0.200. The fourth-order valence-electron chi connectivity index (χ4n) is 3.00. The molecule has 0 aromatic heterocycles. The summed E-state index contributed by atoms with van der Waals surface area (Å²) < 4.78 is 0. The molecule has 1 aliphatic rings. The van der Waals surface area contributed by atoms with Gasteiger partial charge in [-0.15, -0.1) is 0 Å². The normalized spacial score (nSPS) is 19.9. The summed E-state index contributed by atoms with van der Waals surface area (Å²) in [5.41, 5.74) is 0. The molecule has 0 unspecified atom stereocenters. The van der Waals surface area contributed by atoms with Crippen LogP contribution >= 0.6 is 0 Å². The van der Waals surface area contributed by atoms with E-state index in [9.17, 15) is 4.79 Å². The first-order chi connectivity index (χ1) is 9.25. The number of unbranched alkanes of at least 4 members (excludes halogenated alkanes) is 8. The number of aliphatic carboxylic acids is 1. The molecule has 1 N–H and O–H groups in total. The van der Waals surface area contributed by atoms with E-state index in [1.54, 1.807) is 0 Å². The van der Waals surface area contributed by atoms with Crippen LogP contribution in [0.5, 0.6) is 0 Å². The van der Waals surface area contributed by atoms with Gasteiger partial charge in [-0.25, -0.2) is 0 Å². The maximum absolute atomic E-state index is 11.0. The molecule has 0 aromatic rings. The average molecular weight is 269 g/mol. The van der Waals surface area contributed by atoms with Crippen molar-refractivity contribution in [3.63, 3.8) is 0 Å². The molecular weight excluding hydrogens is 238 g/mol. The number of carbonyl (C=O) groups is 1. The second-order valence-electron chi connectivity index (χ2n) is 5.86. The van der Waals surface area contributed by atoms with Gasteiger partial charge in [0.05, 0.1) is 0 Å². The first-order valence-electron chi connectivity index (χ1n) is 8.22. The number of carboxylic acids is 1. The smallest absolute Gasteiger partial charge is 0.320 e. The molecule has 19 heavy (non-hydrogen) atoms. The fourth-order valence-corrected chi connectivity index (χ4v) is 3.00. The zero-order valence-corrected chi connectivity index (χ0v) is 12.6. The Morgan fingerprint density at radius 2 is 1.63 bits per heavy atom. The number of hydrogen-bond acceptors (Lipinski definition) is 2. The summed E-state index contributed by atoms with van der Waals surface area (Å²) in [5, 5.41) is 9.09. The molecule has 1 rings (SSSR count). The lowest BCUT2D eigenvalue weighted by molar-refractivity contribution is -0.142. The molecule has 0 aliphatic carbocycles. The highest BCUT2D eigenvalue weighted by molar-refractivity contribution is 5.73. The summed E-state index contributed by atoms with van der Waals surface area (Å²) in [7, 11) is 0. The lowest BCUT2D eigenvalue weighted by atomic mass is 10.1. The van der Waals surface area contributed by atoms with E-state index in [0.717, 1.165) is 25.9 Å². The van der Waals surface area contributed by atoms with E-state index >= 15 is 0 Å². The van der Waals surface area contributed by atoms with Crippen molar-refractivity contribution in [2.75, 3.05) is 13.1 Å². The van der Waals surface area contributed by atoms with Crippen molar-refractivity contribution in [3.05, 3.63) is 0 Å². The van der Waals surface area contributed by atoms with E-state index in [4.69, 9.17) is 5.11 Å². The van der Waals surface area contributed by atoms with Gasteiger partial charge in [0.25, 0.3) is 0 Å². The summed E-state index contributed by atoms with van der Waals surface area (Å²) in [6, 6.07) is -0.200. The molecule has 3 nitrogen and oxygen atoms in total. The molecule has 0 bridgehead atoms. The number of rotatable bonds is 11. The van der Waals surface area contributed by atoms with Gasteiger partial charge in [0.15, 0.2) is 0 Å². The minimum atomic E-state index is -0.631. The molecule has 1 atom stereocenters. The van der Waals surface area contributed by atoms with Crippen molar-refractivity contribution in [1.29, 1.82) is 0 Å². The number of nitrogens with zero attached hydrogens (tertiary/aromatic N) is 1. The Kier molecular flexibility index (Phi) is 8.89. The summed E-state index contributed by atoms with van der Waals surface area (Å²) in [6.07, 6.45) is 13.8. The number of likely N-dealkylation sites (tertiary alicyclic amines) is 1. The molecular formula is C16H31NO2. The van der Waals surface area contributed by atoms with Crippen LogP contribution in [0, 0.1) is 0 Å². The van der Waals surface area contributed by atoms with Crippen LogP contribution < -0.4 is 0 Å². The quantitative estimate of drug-likeness (QED) is 0.575. The molecule has 112 valence electrons. The number of hydrogen-bond donors (Lipinski definition) is 1. The molecule has 1 fully saturated rings. The van der Waals surface area contributed by atoms with Gasteiger partial charge < -0.3 is 5.11 Å². The van der Waals surface area contributed by atoms with E-state index < -0.39 is 5.97 Å². The Hall–Kier alpha value is -0.570. The van der Waals surface area contributed by atoms with Gasteiger partial charge in [0.2, 0.25) is 0 Å². The van der Waals surface area contributed by atoms with Crippen LogP contribution in [0.1, 0.15) is 77.6 Å². The van der Waals surface area contributed by atoms with Crippen molar-refractivity contribution in [2.45, 2.75) is 83.6 Å². The third kappa shape index (κ3) is 6.95. The lowest BCUT2D eigenvalue weighted by Crippen LogP contribution is -2.36. The van der Waals surface area contributed by atoms with E-state index in [-0.39, 0.29) is 6.04 Å². The highest BCUT2D eigenvalue weighted by Crippen LogP contribution is 2.18. The van der Waals surface area contributed by atoms with Crippen LogP contribution in [0.4, 0.5) is 0 Å². The predicted molar refractivity (Wildman–Crippen MR) is 79.5 cm³/mol. The van der Waals surface area contributed by atoms with Crippen molar-refractivity contribution in [3.8, 4) is 0 Å². The predicted octanol–water partition coefficient (Wildman–Crippen LogP) is 4.07. The largest absolute Gasteiger partial charge is 0.480 e. The highest BCUT2D eigenvalue weighted by Gasteiger charge is 2.29. The van der Waals surface area contributed by atoms with E-state index in [0.29, 0.717) is 0 Å². The summed E-state index contributed by atoms with van der Waals surface area (Å²) in [4.78, 5) is 13.2. The molecule has 0 amide bonds. The van der Waals surface area contributed by atoms with Crippen molar-refractivity contribution in [2.24, 2.45) is 0 Å². The Bertz CT molecular complexity index is 243. The zero-order chi connectivity index (χ0) is 13.9. The lowest BCUT2D eigenvalue weighted by Gasteiger charge is -2.20. The zero-order valence-electron chi connectivity index (χ0n) is 12.6. The van der Waals surface area contributed by atoms with Gasteiger partial charge in [-0.3, -0.25) is 9.69 Å². The average Bonchev–Trinajstić information content (AvgIpc) is 2.85. The Morgan fingerprint density at radius 3 is 2.21 bits per heavy atom. The monoisotopic (exact) mass is 269 g/mol. The maximum Gasteiger partial charge on any atom is 0.320 e. The van der Waals surface area contributed by atoms with Gasteiger partial charge in [-0.2, -0.15) is 0 Å². The van der Waals surface area contributed by atoms with E-state index in [1.165, 1.54) is 57.8 Å². The van der Waals surface area contributed by atoms with E-state index in [2.05, 4.69) is 11.8 Å². The first kappa shape index (κ1) is 16.5. The van der Waals surface area contributed by atoms with Gasteiger partial charge in [-0.05, 0) is 32.4 Å². The number of carboxylic acid groups (broad SMARTS) is 1. The van der Waals surface area contributed by atoms with Crippen LogP contribution in [0.15, 0.2) is 0 Å². The van der Waals surface area contributed by atoms with E-state index in [1.807, 2.05) is 0 Å². The standard InChI is InChI=1S/C16H31NO2/c1-2-3-4-5-6-7-8-9-10-13-17-14-11-12-15(17)16(18)19/h15H,2-14H2,1H3,(H,18,19)/t15-/m0/s1. The van der Waals surface area contributed by atoms with Crippen molar-refractivity contribution < 1.29 is 9.90 Å². The Balaban J connectivity index is 1.92. The summed E-state index contributed by atoms with van der Waals surface area (Å²) >= 11 is 0. The second-order valence-corrected chi connectivity index (χ2v) is 5.86. The Morgan fingerprint density at radius 1 is 1.05 bits per heavy atom. The van der Waals surface area contributed by atoms with Gasteiger partial charge in [-0.1, -0.05) is 58.3 Å². The van der Waals surface area contributed by atoms with Crippen LogP contribution in [-0.4, -0.2) is 35.1 Å². The molecule has 1 saturated heterocycles. The van der Waals surface area contributed by atoms with Crippen LogP contribution in [-0.2, 0) is 4.79 Å². The topological polar surface area (TPSA) is 40.5 Å². The van der Waals surface area contributed by atoms with Crippen molar-refractivity contribution >= 4 is 5.97 Å². The molecule has 1 aliphatic heterocycles. The summed E-state index contributed by atoms with van der Waals surface area (Å²) in [5.74, 6) is -0.631. The van der Waals surface area contributed by atoms with Gasteiger partial charge in [0, 0.05) is 0 Å². The van der Waals surface area contributed by atoms with Crippen LogP contribution in [0.2, 0.25) is 0 Å². The first-order valence-corrected chi connectivity index (χ1v) is 8.22. The maximum atomic E-state index is 11.0. The van der Waals surface area contributed by atoms with Crippen LogP contribution in [0.3, 0.4) is 0 Å². The molecule has 0 aromatic carbocycles. The summed E-state index contributed by atoms with van der Waals surface area (Å²) in [6.45, 7) is 4.21. The third-order valence-corrected chi connectivity index (χ3v) is 4.20. The molecule has 1 heterocycles. The Labute approximate surface area is 118 Å². The highest BCUT2D eigenvalue weighted by atomic mass is 16.4. The SMILES string of the molecule is CCCCCCCCCCCN1CCC[C@H]1C(=O)O. The van der Waals surface area contributed by atoms with Crippen molar-refractivity contribution in [1.82, 2.24) is 4.90 Å². The van der Waals surface area contributed by atoms with Gasteiger partial charge in [0.1, 0.15) is 6.04 Å².